The van der Waals surface area contributed by atoms with Gasteiger partial charge >= 0.3 is 5.97 Å². The molecule has 172 valence electrons. The van der Waals surface area contributed by atoms with Gasteiger partial charge in [-0.25, -0.2) is 4.79 Å². The maximum atomic E-state index is 13.6. The Morgan fingerprint density at radius 2 is 1.91 bits per heavy atom. The molecule has 2 aliphatic rings. The highest BCUT2D eigenvalue weighted by Gasteiger charge is 2.41. The van der Waals surface area contributed by atoms with Gasteiger partial charge in [-0.1, -0.05) is 30.3 Å². The second kappa shape index (κ2) is 9.43. The zero-order valence-corrected chi connectivity index (χ0v) is 20.4. The lowest BCUT2D eigenvalue weighted by Gasteiger charge is -2.36. The number of allylic oxidation sites excluding steroid dienone is 3. The van der Waals surface area contributed by atoms with Crippen LogP contribution in [0.3, 0.4) is 0 Å². The van der Waals surface area contributed by atoms with Gasteiger partial charge in [0.2, 0.25) is 0 Å². The first-order chi connectivity index (χ1) is 15.8. The van der Waals surface area contributed by atoms with Crippen molar-refractivity contribution in [1.29, 1.82) is 0 Å². The molecule has 0 radical (unpaired) electrons. The number of esters is 1. The van der Waals surface area contributed by atoms with Gasteiger partial charge in [0, 0.05) is 29.3 Å². The first-order valence-corrected chi connectivity index (χ1v) is 11.7. The third-order valence-corrected chi connectivity index (χ3v) is 6.79. The van der Waals surface area contributed by atoms with Crippen molar-refractivity contribution in [2.75, 3.05) is 13.7 Å². The van der Waals surface area contributed by atoms with Crippen LogP contribution in [0.25, 0.3) is 0 Å². The van der Waals surface area contributed by atoms with E-state index in [2.05, 4.69) is 21.2 Å². The van der Waals surface area contributed by atoms with Crippen LogP contribution in [0.1, 0.15) is 49.7 Å². The Balaban J connectivity index is 1.86. The van der Waals surface area contributed by atoms with Crippen molar-refractivity contribution in [3.63, 3.8) is 0 Å². The highest BCUT2D eigenvalue weighted by Crippen LogP contribution is 2.48. The Hall–Kier alpha value is -3.06. The number of hydrogen-bond donors (Lipinski definition) is 2. The molecule has 4 rings (SSSR count). The Morgan fingerprint density at radius 3 is 2.58 bits per heavy atom. The summed E-state index contributed by atoms with van der Waals surface area (Å²) in [5.41, 5.74) is 4.19. The number of hydrogen-bond acceptors (Lipinski definition) is 6. The third kappa shape index (κ3) is 4.29. The smallest absolute Gasteiger partial charge is 0.336 e. The summed E-state index contributed by atoms with van der Waals surface area (Å²) in [6.07, 6.45) is 1.01. The molecule has 0 spiro atoms. The van der Waals surface area contributed by atoms with Crippen molar-refractivity contribution in [1.82, 2.24) is 5.32 Å². The molecule has 1 heterocycles. The summed E-state index contributed by atoms with van der Waals surface area (Å²) in [4.78, 5) is 26.4. The van der Waals surface area contributed by atoms with Gasteiger partial charge in [-0.15, -0.1) is 0 Å². The van der Waals surface area contributed by atoms with Crippen molar-refractivity contribution in [3.05, 3.63) is 80.6 Å². The van der Waals surface area contributed by atoms with E-state index in [4.69, 9.17) is 9.47 Å². The van der Waals surface area contributed by atoms with Gasteiger partial charge in [0.1, 0.15) is 0 Å². The average Bonchev–Trinajstić information content (AvgIpc) is 2.81. The lowest BCUT2D eigenvalue weighted by atomic mass is 9.71. The van der Waals surface area contributed by atoms with Crippen molar-refractivity contribution >= 4 is 27.7 Å². The molecule has 0 bridgehead atoms. The number of benzene rings is 2. The van der Waals surface area contributed by atoms with Crippen LogP contribution in [0.15, 0.2) is 69.5 Å². The molecular weight excluding hydrogens is 486 g/mol. The van der Waals surface area contributed by atoms with Crippen molar-refractivity contribution < 1.29 is 24.2 Å². The van der Waals surface area contributed by atoms with Crippen molar-refractivity contribution in [3.8, 4) is 11.5 Å². The molecule has 0 unspecified atom stereocenters. The van der Waals surface area contributed by atoms with Crippen LogP contribution in [0.5, 0.6) is 11.5 Å². The number of Topliss-reactive ketones (excluding diaryl/α,β-unsaturated/α-hetero) is 1. The van der Waals surface area contributed by atoms with E-state index >= 15 is 0 Å². The Bertz CT molecular complexity index is 1170. The fraction of sp³-hybridized carbons (Fsp3) is 0.308. The van der Waals surface area contributed by atoms with Crippen LogP contribution in [-0.2, 0) is 14.3 Å². The molecule has 2 atom stereocenters. The van der Waals surface area contributed by atoms with Gasteiger partial charge in [-0.3, -0.25) is 4.79 Å². The minimum atomic E-state index is -0.631. The second-order valence-corrected chi connectivity index (χ2v) is 9.06. The molecule has 1 aliphatic carbocycles. The standard InChI is InChI=1S/C26H26BrNO5/c1-4-33-21-13-17(10-18(27)25(21)30)23-22(26(31)32-3)14(2)28-19-11-16(12-20(29)24(19)23)15-8-6-5-7-9-15/h5-10,13,16,23,28,30H,4,11-12H2,1-3H3/t16-,23-/m0/s1. The van der Waals surface area contributed by atoms with E-state index in [0.717, 1.165) is 11.3 Å². The van der Waals surface area contributed by atoms with E-state index in [-0.39, 0.29) is 23.2 Å². The minimum absolute atomic E-state index is 0.0151. The van der Waals surface area contributed by atoms with Gasteiger partial charge in [0.25, 0.3) is 0 Å². The first kappa shape index (κ1) is 23.1. The topological polar surface area (TPSA) is 84.9 Å². The normalized spacial score (nSPS) is 20.3. The summed E-state index contributed by atoms with van der Waals surface area (Å²) < 4.78 is 11.1. The summed E-state index contributed by atoms with van der Waals surface area (Å²) in [7, 11) is 1.33. The molecule has 0 amide bonds. The van der Waals surface area contributed by atoms with Gasteiger partial charge in [0.15, 0.2) is 17.3 Å². The number of dihydropyridines is 1. The molecular formula is C26H26BrNO5. The molecule has 6 nitrogen and oxygen atoms in total. The number of methoxy groups -OCH3 is 1. The van der Waals surface area contributed by atoms with Crippen LogP contribution in [0.2, 0.25) is 0 Å². The molecule has 33 heavy (non-hydrogen) atoms. The highest BCUT2D eigenvalue weighted by molar-refractivity contribution is 9.10. The second-order valence-electron chi connectivity index (χ2n) is 8.20. The van der Waals surface area contributed by atoms with Gasteiger partial charge < -0.3 is 19.9 Å². The largest absolute Gasteiger partial charge is 0.503 e. The molecule has 0 saturated heterocycles. The van der Waals surface area contributed by atoms with Gasteiger partial charge in [-0.2, -0.15) is 0 Å². The van der Waals surface area contributed by atoms with Crippen LogP contribution in [0, 0.1) is 0 Å². The maximum absolute atomic E-state index is 13.6. The zero-order chi connectivity index (χ0) is 23.7. The predicted octanol–water partition coefficient (Wildman–Crippen LogP) is 5.09. The fourth-order valence-electron chi connectivity index (χ4n) is 4.74. The molecule has 2 N–H and O–H groups in total. The van der Waals surface area contributed by atoms with Crippen molar-refractivity contribution in [2.24, 2.45) is 0 Å². The monoisotopic (exact) mass is 511 g/mol. The number of ketones is 1. The van der Waals surface area contributed by atoms with E-state index in [0.29, 0.717) is 46.3 Å². The van der Waals surface area contributed by atoms with E-state index < -0.39 is 11.9 Å². The van der Waals surface area contributed by atoms with E-state index in [1.165, 1.54) is 7.11 Å². The van der Waals surface area contributed by atoms with Gasteiger partial charge in [-0.05, 0) is 65.4 Å². The third-order valence-electron chi connectivity index (χ3n) is 6.19. The number of halogens is 1. The summed E-state index contributed by atoms with van der Waals surface area (Å²) in [5, 5.41) is 13.7. The molecule has 0 aromatic heterocycles. The van der Waals surface area contributed by atoms with Crippen LogP contribution < -0.4 is 10.1 Å². The molecule has 7 heteroatoms. The zero-order valence-electron chi connectivity index (χ0n) is 18.8. The summed E-state index contributed by atoms with van der Waals surface area (Å²) in [6, 6.07) is 13.4. The fourth-order valence-corrected chi connectivity index (χ4v) is 5.20. The first-order valence-electron chi connectivity index (χ1n) is 10.9. The Kier molecular flexibility index (Phi) is 6.61. The molecule has 0 fully saturated rings. The van der Waals surface area contributed by atoms with Crippen LogP contribution in [0.4, 0.5) is 0 Å². The number of phenols is 1. The number of aromatic hydroxyl groups is 1. The number of carbonyl (C=O) groups is 2. The van der Waals surface area contributed by atoms with Gasteiger partial charge in [0.05, 0.1) is 23.8 Å². The Labute approximate surface area is 201 Å². The molecule has 1 aliphatic heterocycles. The quantitative estimate of drug-likeness (QED) is 0.544. The molecule has 0 saturated carbocycles. The predicted molar refractivity (Wildman–Crippen MR) is 128 cm³/mol. The Morgan fingerprint density at radius 1 is 1.18 bits per heavy atom. The van der Waals surface area contributed by atoms with E-state index in [9.17, 15) is 14.7 Å². The highest BCUT2D eigenvalue weighted by atomic mass is 79.9. The summed E-state index contributed by atoms with van der Waals surface area (Å²) in [5.74, 6) is -0.828. The summed E-state index contributed by atoms with van der Waals surface area (Å²) >= 11 is 3.39. The lowest BCUT2D eigenvalue weighted by molar-refractivity contribution is -0.136. The number of rotatable bonds is 5. The SMILES string of the molecule is CCOc1cc([C@H]2C(C(=O)OC)=C(C)NC3=C2C(=O)C[C@@H](c2ccccc2)C3)cc(Br)c1O. The minimum Gasteiger partial charge on any atom is -0.503 e. The molecule has 2 aromatic rings. The van der Waals surface area contributed by atoms with Crippen LogP contribution in [-0.4, -0.2) is 30.6 Å². The van der Waals surface area contributed by atoms with E-state index in [1.807, 2.05) is 44.2 Å². The van der Waals surface area contributed by atoms with E-state index in [1.54, 1.807) is 12.1 Å². The number of nitrogens with one attached hydrogen (secondary N) is 1. The summed E-state index contributed by atoms with van der Waals surface area (Å²) in [6.45, 7) is 4.00. The number of carbonyl (C=O) groups excluding carboxylic acids is 2. The van der Waals surface area contributed by atoms with Crippen molar-refractivity contribution in [2.45, 2.75) is 38.5 Å². The average molecular weight is 512 g/mol. The lowest BCUT2D eigenvalue weighted by Crippen LogP contribution is -2.36. The number of phenolic OH excluding ortho intramolecular Hbond substituents is 1. The van der Waals surface area contributed by atoms with Crippen LogP contribution >= 0.6 is 15.9 Å². The maximum Gasteiger partial charge on any atom is 0.336 e. The number of ether oxygens (including phenoxy) is 2. The molecule has 2 aromatic carbocycles.